The van der Waals surface area contributed by atoms with Gasteiger partial charge < -0.3 is 11.5 Å². The van der Waals surface area contributed by atoms with Crippen molar-refractivity contribution in [1.29, 1.82) is 0 Å². The minimum atomic E-state index is -3.95. The van der Waals surface area contributed by atoms with Crippen LogP contribution in [0.2, 0.25) is 0 Å². The molecule has 2 atom stereocenters. The monoisotopic (exact) mass is 352 g/mol. The van der Waals surface area contributed by atoms with Crippen LogP contribution in [-0.2, 0) is 14.7 Å². The van der Waals surface area contributed by atoms with E-state index in [9.17, 15) is 8.42 Å². The summed E-state index contributed by atoms with van der Waals surface area (Å²) in [5, 5.41) is 0. The van der Waals surface area contributed by atoms with Gasteiger partial charge in [0.1, 0.15) is 0 Å². The molecule has 0 radical (unpaired) electrons. The fraction of sp³-hybridized carbons (Fsp3) is 0.100. The molecule has 0 fully saturated rings. The zero-order valence-corrected chi connectivity index (χ0v) is 14.4. The van der Waals surface area contributed by atoms with Crippen molar-refractivity contribution >= 4 is 9.84 Å². The standard InChI is InChI=1S/C20H20N2O2S/c21-19(16-10-4-1-5-11-16)20(22,17-12-6-2-7-13-17)25(23,24)18-14-8-3-9-15-18/h1-15,19H,21-22H2. The van der Waals surface area contributed by atoms with E-state index in [0.29, 0.717) is 11.1 Å². The number of benzene rings is 3. The zero-order valence-electron chi connectivity index (χ0n) is 13.6. The summed E-state index contributed by atoms with van der Waals surface area (Å²) >= 11 is 0. The molecule has 3 aromatic carbocycles. The Morgan fingerprint density at radius 1 is 0.720 bits per heavy atom. The molecule has 0 spiro atoms. The van der Waals surface area contributed by atoms with Crippen LogP contribution in [0.1, 0.15) is 17.2 Å². The fourth-order valence-electron chi connectivity index (χ4n) is 2.90. The number of hydrogen-bond acceptors (Lipinski definition) is 4. The van der Waals surface area contributed by atoms with Gasteiger partial charge in [0, 0.05) is 0 Å². The summed E-state index contributed by atoms with van der Waals surface area (Å²) in [4.78, 5) is -1.65. The van der Waals surface area contributed by atoms with E-state index in [0.717, 1.165) is 0 Å². The van der Waals surface area contributed by atoms with Gasteiger partial charge >= 0.3 is 0 Å². The highest BCUT2D eigenvalue weighted by Gasteiger charge is 2.48. The Labute approximate surface area is 148 Å². The molecule has 128 valence electrons. The molecule has 0 saturated heterocycles. The van der Waals surface area contributed by atoms with Crippen molar-refractivity contribution < 1.29 is 8.42 Å². The second kappa shape index (κ2) is 6.80. The molecule has 0 heterocycles. The van der Waals surface area contributed by atoms with Crippen molar-refractivity contribution in [3.05, 3.63) is 102 Å². The first-order valence-electron chi connectivity index (χ1n) is 7.92. The molecule has 0 saturated carbocycles. The van der Waals surface area contributed by atoms with Gasteiger partial charge in [-0.1, -0.05) is 78.9 Å². The van der Waals surface area contributed by atoms with Gasteiger partial charge in [0.25, 0.3) is 0 Å². The second-order valence-electron chi connectivity index (χ2n) is 5.86. The molecule has 4 nitrogen and oxygen atoms in total. The second-order valence-corrected chi connectivity index (χ2v) is 8.02. The maximum Gasteiger partial charge on any atom is 0.203 e. The van der Waals surface area contributed by atoms with Crippen LogP contribution in [-0.4, -0.2) is 8.42 Å². The largest absolute Gasteiger partial charge is 0.321 e. The van der Waals surface area contributed by atoms with E-state index in [4.69, 9.17) is 11.5 Å². The average molecular weight is 352 g/mol. The topological polar surface area (TPSA) is 86.2 Å². The molecule has 3 rings (SSSR count). The summed E-state index contributed by atoms with van der Waals surface area (Å²) in [5.74, 6) is 0. The molecular formula is C20H20N2O2S. The van der Waals surface area contributed by atoms with Crippen LogP contribution in [0.5, 0.6) is 0 Å². The van der Waals surface area contributed by atoms with Crippen molar-refractivity contribution in [2.75, 3.05) is 0 Å². The quantitative estimate of drug-likeness (QED) is 0.739. The summed E-state index contributed by atoms with van der Waals surface area (Å²) in [6, 6.07) is 25.0. The van der Waals surface area contributed by atoms with Gasteiger partial charge in [0.15, 0.2) is 4.87 Å². The molecule has 5 heteroatoms. The molecule has 0 aliphatic carbocycles. The van der Waals surface area contributed by atoms with E-state index in [1.54, 1.807) is 54.6 Å². The van der Waals surface area contributed by atoms with Gasteiger partial charge in [-0.05, 0) is 23.3 Å². The third kappa shape index (κ3) is 2.98. The summed E-state index contributed by atoms with van der Waals surface area (Å²) in [6.45, 7) is 0. The molecule has 3 aromatic rings. The van der Waals surface area contributed by atoms with Crippen LogP contribution in [0.3, 0.4) is 0 Å². The van der Waals surface area contributed by atoms with Gasteiger partial charge in [-0.2, -0.15) is 0 Å². The molecule has 2 unspecified atom stereocenters. The Morgan fingerprint density at radius 2 is 1.16 bits per heavy atom. The molecule has 25 heavy (non-hydrogen) atoms. The van der Waals surface area contributed by atoms with E-state index in [1.807, 2.05) is 24.3 Å². The van der Waals surface area contributed by atoms with Crippen molar-refractivity contribution in [3.8, 4) is 0 Å². The third-order valence-corrected chi connectivity index (χ3v) is 6.62. The first kappa shape index (κ1) is 17.4. The molecule has 0 aliphatic rings. The van der Waals surface area contributed by atoms with Crippen LogP contribution in [0, 0.1) is 0 Å². The molecule has 4 N–H and O–H groups in total. The average Bonchev–Trinajstić information content (AvgIpc) is 2.68. The minimum absolute atomic E-state index is 0.146. The summed E-state index contributed by atoms with van der Waals surface area (Å²) in [7, 11) is -3.95. The van der Waals surface area contributed by atoms with Gasteiger partial charge in [-0.15, -0.1) is 0 Å². The lowest BCUT2D eigenvalue weighted by Gasteiger charge is -2.35. The highest BCUT2D eigenvalue weighted by molar-refractivity contribution is 7.92. The minimum Gasteiger partial charge on any atom is -0.321 e. The summed E-state index contributed by atoms with van der Waals surface area (Å²) in [6.07, 6.45) is 0. The maximum atomic E-state index is 13.5. The molecule has 0 aromatic heterocycles. The van der Waals surface area contributed by atoms with E-state index in [2.05, 4.69) is 0 Å². The first-order chi connectivity index (χ1) is 12.0. The number of hydrogen-bond donors (Lipinski definition) is 2. The van der Waals surface area contributed by atoms with E-state index in [1.165, 1.54) is 12.1 Å². The Balaban J connectivity index is 2.24. The van der Waals surface area contributed by atoms with E-state index < -0.39 is 20.8 Å². The van der Waals surface area contributed by atoms with Crippen LogP contribution >= 0.6 is 0 Å². The van der Waals surface area contributed by atoms with Gasteiger partial charge in [0.2, 0.25) is 9.84 Å². The lowest BCUT2D eigenvalue weighted by Crippen LogP contribution is -2.52. The Hall–Kier alpha value is -2.47. The van der Waals surface area contributed by atoms with Crippen LogP contribution in [0.25, 0.3) is 0 Å². The Kier molecular flexibility index (Phi) is 4.72. The number of sulfone groups is 1. The number of nitrogens with two attached hydrogens (primary N) is 2. The highest BCUT2D eigenvalue weighted by atomic mass is 32.2. The van der Waals surface area contributed by atoms with Gasteiger partial charge in [-0.25, -0.2) is 8.42 Å². The third-order valence-electron chi connectivity index (χ3n) is 4.34. The van der Waals surface area contributed by atoms with Crippen molar-refractivity contribution in [2.45, 2.75) is 15.8 Å². The smallest absolute Gasteiger partial charge is 0.203 e. The summed E-state index contributed by atoms with van der Waals surface area (Å²) < 4.78 is 26.9. The first-order valence-corrected chi connectivity index (χ1v) is 9.41. The predicted molar refractivity (Wildman–Crippen MR) is 99.3 cm³/mol. The van der Waals surface area contributed by atoms with Crippen LogP contribution in [0.4, 0.5) is 0 Å². The Morgan fingerprint density at radius 3 is 1.68 bits per heavy atom. The lowest BCUT2D eigenvalue weighted by molar-refractivity contribution is 0.461. The Bertz CT molecular complexity index is 929. The van der Waals surface area contributed by atoms with Crippen molar-refractivity contribution in [2.24, 2.45) is 11.5 Å². The normalized spacial score (nSPS) is 15.3. The summed E-state index contributed by atoms with van der Waals surface area (Å²) in [5.41, 5.74) is 14.1. The molecular weight excluding hydrogens is 332 g/mol. The lowest BCUT2D eigenvalue weighted by atomic mass is 9.94. The fourth-order valence-corrected chi connectivity index (χ4v) is 4.73. The highest BCUT2D eigenvalue weighted by Crippen LogP contribution is 2.39. The van der Waals surface area contributed by atoms with Crippen molar-refractivity contribution in [1.82, 2.24) is 0 Å². The number of rotatable bonds is 5. The predicted octanol–water partition coefficient (Wildman–Crippen LogP) is 2.97. The van der Waals surface area contributed by atoms with Gasteiger partial charge in [-0.3, -0.25) is 0 Å². The maximum absolute atomic E-state index is 13.5. The molecule has 0 bridgehead atoms. The molecule has 0 aliphatic heterocycles. The van der Waals surface area contributed by atoms with Gasteiger partial charge in [0.05, 0.1) is 10.9 Å². The van der Waals surface area contributed by atoms with Crippen molar-refractivity contribution in [3.63, 3.8) is 0 Å². The van der Waals surface area contributed by atoms with Crippen LogP contribution in [0.15, 0.2) is 95.9 Å². The van der Waals surface area contributed by atoms with E-state index >= 15 is 0 Å². The van der Waals surface area contributed by atoms with Crippen LogP contribution < -0.4 is 11.5 Å². The SMILES string of the molecule is NC(c1ccccc1)C(N)(c1ccccc1)S(=O)(=O)c1ccccc1. The zero-order chi connectivity index (χ0) is 17.9. The molecule has 0 amide bonds. The van der Waals surface area contributed by atoms with E-state index in [-0.39, 0.29) is 4.90 Å².